The normalized spacial score (nSPS) is 14.6. The number of nitrogens with one attached hydrogen (secondary N) is 2. The van der Waals surface area contributed by atoms with E-state index in [4.69, 9.17) is 4.74 Å². The van der Waals surface area contributed by atoms with Crippen molar-refractivity contribution in [1.82, 2.24) is 15.5 Å². The molecule has 0 fully saturated rings. The Labute approximate surface area is 199 Å². The minimum atomic E-state index is -0.882. The molecule has 0 aliphatic heterocycles. The second-order valence-corrected chi connectivity index (χ2v) is 10.8. The molecule has 0 bridgehead atoms. The van der Waals surface area contributed by atoms with E-state index in [1.165, 1.54) is 0 Å². The van der Waals surface area contributed by atoms with E-state index in [1.807, 2.05) is 58.9 Å². The fraction of sp³-hybridized carbons (Fsp3) is 0.654. The first-order chi connectivity index (χ1) is 15.1. The molecule has 7 nitrogen and oxygen atoms in total. The third-order valence-corrected chi connectivity index (χ3v) is 5.04. The minimum Gasteiger partial charge on any atom is -0.444 e. The van der Waals surface area contributed by atoms with Gasteiger partial charge in [0.05, 0.1) is 0 Å². The van der Waals surface area contributed by atoms with Gasteiger partial charge in [0.15, 0.2) is 0 Å². The quantitative estimate of drug-likeness (QED) is 0.577. The number of carbonyl (C=O) groups excluding carboxylic acids is 3. The van der Waals surface area contributed by atoms with Crippen LogP contribution in [0.3, 0.4) is 0 Å². The van der Waals surface area contributed by atoms with Gasteiger partial charge in [0.25, 0.3) is 0 Å². The maximum atomic E-state index is 13.7. The van der Waals surface area contributed by atoms with Crippen LogP contribution in [0.5, 0.6) is 0 Å². The molecule has 0 saturated carbocycles. The Hall–Kier alpha value is -2.57. The number of hydrogen-bond acceptors (Lipinski definition) is 4. The lowest BCUT2D eigenvalue weighted by molar-refractivity contribution is -0.148. The number of alkyl carbamates (subject to hydrolysis) is 1. The summed E-state index contributed by atoms with van der Waals surface area (Å²) in [7, 11) is 0. The average Bonchev–Trinajstić information content (AvgIpc) is 2.62. The second-order valence-electron chi connectivity index (χ2n) is 10.8. The van der Waals surface area contributed by atoms with Crippen molar-refractivity contribution in [2.24, 2.45) is 0 Å². The number of ether oxygens (including phenoxy) is 1. The Kier molecular flexibility index (Phi) is 9.94. The molecule has 0 aliphatic carbocycles. The van der Waals surface area contributed by atoms with E-state index in [0.717, 1.165) is 24.0 Å². The number of aryl methyl sites for hydroxylation is 1. The van der Waals surface area contributed by atoms with Crippen molar-refractivity contribution >= 4 is 17.9 Å². The molecule has 3 amide bonds. The van der Waals surface area contributed by atoms with Crippen molar-refractivity contribution in [3.8, 4) is 0 Å². The van der Waals surface area contributed by atoms with Gasteiger partial charge in [0.1, 0.15) is 17.7 Å². The summed E-state index contributed by atoms with van der Waals surface area (Å²) in [5.74, 6) is -0.604. The molecular weight excluding hydrogens is 418 g/mol. The molecule has 0 aromatic heterocycles. The molecule has 1 rings (SSSR count). The van der Waals surface area contributed by atoms with Gasteiger partial charge in [0.2, 0.25) is 11.8 Å². The number of amides is 3. The molecule has 3 atom stereocenters. The van der Waals surface area contributed by atoms with Crippen LogP contribution >= 0.6 is 0 Å². The lowest BCUT2D eigenvalue weighted by Gasteiger charge is -2.43. The van der Waals surface area contributed by atoms with Crippen LogP contribution in [0.25, 0.3) is 0 Å². The van der Waals surface area contributed by atoms with E-state index in [-0.39, 0.29) is 17.9 Å². The average molecular weight is 462 g/mol. The van der Waals surface area contributed by atoms with Gasteiger partial charge in [-0.05, 0) is 74.3 Å². The van der Waals surface area contributed by atoms with Gasteiger partial charge >= 0.3 is 6.09 Å². The molecular formula is C26H43N3O4. The Morgan fingerprint density at radius 1 is 1.03 bits per heavy atom. The van der Waals surface area contributed by atoms with Gasteiger partial charge < -0.3 is 20.3 Å². The molecule has 0 aliphatic rings. The molecule has 7 heteroatoms. The largest absolute Gasteiger partial charge is 0.444 e. The smallest absolute Gasteiger partial charge is 0.408 e. The summed E-state index contributed by atoms with van der Waals surface area (Å²) in [6.45, 7) is 18.5. The number of nitrogens with zero attached hydrogens (tertiary/aromatic N) is 1. The van der Waals surface area contributed by atoms with Gasteiger partial charge in [-0.25, -0.2) is 4.79 Å². The van der Waals surface area contributed by atoms with Crippen LogP contribution in [0.4, 0.5) is 4.79 Å². The van der Waals surface area contributed by atoms with Crippen LogP contribution in [-0.2, 0) is 14.3 Å². The fourth-order valence-corrected chi connectivity index (χ4v) is 3.68. The highest BCUT2D eigenvalue weighted by Crippen LogP contribution is 2.30. The minimum absolute atomic E-state index is 0.0240. The molecule has 0 heterocycles. The first-order valence-electron chi connectivity index (χ1n) is 11.8. The number of benzene rings is 1. The maximum absolute atomic E-state index is 13.7. The van der Waals surface area contributed by atoms with E-state index < -0.39 is 29.3 Å². The third kappa shape index (κ3) is 9.06. The molecule has 1 aromatic rings. The monoisotopic (exact) mass is 461 g/mol. The highest BCUT2D eigenvalue weighted by atomic mass is 16.6. The summed E-state index contributed by atoms with van der Waals surface area (Å²) < 4.78 is 5.31. The number of carbonyl (C=O) groups is 3. The lowest BCUT2D eigenvalue weighted by Crippen LogP contribution is -2.58. The standard InChI is InChI=1S/C26H43N3O4/c1-11-13-18(3)27-22(30)21(20-15-12-14-17(2)16-20)29(25(5,6)7)23(31)19(4)28-24(32)33-26(8,9)10/h12,14-16,18-19,21H,11,13H2,1-10H3,(H,27,30)(H,28,32). The number of rotatable bonds is 8. The van der Waals surface area contributed by atoms with Crippen molar-refractivity contribution < 1.29 is 19.1 Å². The highest BCUT2D eigenvalue weighted by Gasteiger charge is 2.41. The summed E-state index contributed by atoms with van der Waals surface area (Å²) in [4.78, 5) is 41.1. The van der Waals surface area contributed by atoms with Gasteiger partial charge in [-0.1, -0.05) is 43.2 Å². The molecule has 0 radical (unpaired) electrons. The lowest BCUT2D eigenvalue weighted by atomic mass is 9.94. The predicted octanol–water partition coefficient (Wildman–Crippen LogP) is 4.88. The van der Waals surface area contributed by atoms with Crippen molar-refractivity contribution in [2.75, 3.05) is 0 Å². The molecule has 2 N–H and O–H groups in total. The first-order valence-corrected chi connectivity index (χ1v) is 11.8. The molecule has 0 spiro atoms. The topological polar surface area (TPSA) is 87.7 Å². The molecule has 0 saturated heterocycles. The molecule has 33 heavy (non-hydrogen) atoms. The summed E-state index contributed by atoms with van der Waals surface area (Å²) in [5, 5.41) is 5.69. The summed E-state index contributed by atoms with van der Waals surface area (Å²) >= 11 is 0. The van der Waals surface area contributed by atoms with Gasteiger partial charge in [-0.3, -0.25) is 9.59 Å². The predicted molar refractivity (Wildman–Crippen MR) is 132 cm³/mol. The zero-order valence-electron chi connectivity index (χ0n) is 22.0. The van der Waals surface area contributed by atoms with E-state index in [2.05, 4.69) is 17.6 Å². The number of hydrogen-bond donors (Lipinski definition) is 2. The van der Waals surface area contributed by atoms with Gasteiger partial charge in [0, 0.05) is 11.6 Å². The summed E-state index contributed by atoms with van der Waals surface area (Å²) in [6.07, 6.45) is 1.10. The van der Waals surface area contributed by atoms with Crippen molar-refractivity contribution in [3.63, 3.8) is 0 Å². The van der Waals surface area contributed by atoms with Gasteiger partial charge in [-0.2, -0.15) is 0 Å². The maximum Gasteiger partial charge on any atom is 0.408 e. The van der Waals surface area contributed by atoms with Crippen molar-refractivity contribution in [3.05, 3.63) is 35.4 Å². The van der Waals surface area contributed by atoms with Crippen LogP contribution in [0.2, 0.25) is 0 Å². The van der Waals surface area contributed by atoms with Crippen LogP contribution in [0.15, 0.2) is 24.3 Å². The molecule has 3 unspecified atom stereocenters. The third-order valence-electron chi connectivity index (χ3n) is 5.04. The Morgan fingerprint density at radius 2 is 1.64 bits per heavy atom. The van der Waals surface area contributed by atoms with E-state index >= 15 is 0 Å². The highest BCUT2D eigenvalue weighted by molar-refractivity contribution is 5.92. The zero-order chi connectivity index (χ0) is 25.6. The van der Waals surface area contributed by atoms with Gasteiger partial charge in [-0.15, -0.1) is 0 Å². The van der Waals surface area contributed by atoms with E-state index in [9.17, 15) is 14.4 Å². The van der Waals surface area contributed by atoms with Crippen LogP contribution in [-0.4, -0.2) is 46.0 Å². The Balaban J connectivity index is 3.38. The summed E-state index contributed by atoms with van der Waals surface area (Å²) in [5.41, 5.74) is 0.341. The fourth-order valence-electron chi connectivity index (χ4n) is 3.68. The molecule has 1 aromatic carbocycles. The Morgan fingerprint density at radius 3 is 2.12 bits per heavy atom. The Bertz CT molecular complexity index is 824. The van der Waals surface area contributed by atoms with Crippen molar-refractivity contribution in [1.29, 1.82) is 0 Å². The van der Waals surface area contributed by atoms with E-state index in [0.29, 0.717) is 0 Å². The van der Waals surface area contributed by atoms with Crippen LogP contribution in [0.1, 0.15) is 92.3 Å². The van der Waals surface area contributed by atoms with E-state index in [1.54, 1.807) is 32.6 Å². The molecule has 186 valence electrons. The van der Waals surface area contributed by atoms with Crippen LogP contribution < -0.4 is 10.6 Å². The van der Waals surface area contributed by atoms with Crippen molar-refractivity contribution in [2.45, 2.75) is 111 Å². The zero-order valence-corrected chi connectivity index (χ0v) is 22.0. The SMILES string of the molecule is CCCC(C)NC(=O)C(c1cccc(C)c1)N(C(=O)C(C)NC(=O)OC(C)(C)C)C(C)(C)C. The summed E-state index contributed by atoms with van der Waals surface area (Å²) in [6, 6.07) is 5.87. The van der Waals surface area contributed by atoms with Crippen LogP contribution in [0, 0.1) is 6.92 Å². The second kappa shape index (κ2) is 11.5. The first kappa shape index (κ1) is 28.5.